The molecule has 1 aliphatic carbocycles. The van der Waals surface area contributed by atoms with Crippen LogP contribution in [-0.2, 0) is 0 Å². The predicted molar refractivity (Wildman–Crippen MR) is 108 cm³/mol. The highest BCUT2D eigenvalue weighted by molar-refractivity contribution is 6.62. The lowest BCUT2D eigenvalue weighted by Crippen LogP contribution is -2.26. The molecule has 0 aromatic heterocycles. The third-order valence-corrected chi connectivity index (χ3v) is 8.71. The maximum absolute atomic E-state index is 2.50. The van der Waals surface area contributed by atoms with Crippen LogP contribution in [0.3, 0.4) is 0 Å². The van der Waals surface area contributed by atoms with Crippen LogP contribution < -0.4 is 5.19 Å². The van der Waals surface area contributed by atoms with Crippen molar-refractivity contribution in [3.8, 4) is 0 Å². The molecule has 1 aromatic carbocycles. The summed E-state index contributed by atoms with van der Waals surface area (Å²) in [7, 11) is -0.332. The molecule has 1 aromatic rings. The zero-order valence-corrected chi connectivity index (χ0v) is 17.7. The third kappa shape index (κ3) is 3.88. The van der Waals surface area contributed by atoms with Gasteiger partial charge in [0, 0.05) is 0 Å². The molecule has 0 aliphatic heterocycles. The molecule has 0 atom stereocenters. The highest BCUT2D eigenvalue weighted by Gasteiger charge is 2.18. The van der Waals surface area contributed by atoms with E-state index in [0.717, 1.165) is 0 Å². The molecule has 2 rings (SSSR count). The van der Waals surface area contributed by atoms with E-state index in [2.05, 4.69) is 54.5 Å². The molecule has 0 saturated heterocycles. The van der Waals surface area contributed by atoms with Gasteiger partial charge in [0.1, 0.15) is 0 Å². The molecule has 1 heteroatoms. The van der Waals surface area contributed by atoms with Crippen molar-refractivity contribution in [2.24, 2.45) is 0 Å². The minimum atomic E-state index is -0.332. The number of benzene rings is 1. The maximum Gasteiger partial charge on any atom is 0.0839 e. The van der Waals surface area contributed by atoms with E-state index in [0.29, 0.717) is 0 Å². The van der Waals surface area contributed by atoms with Gasteiger partial charge in [-0.3, -0.25) is 0 Å². The van der Waals surface area contributed by atoms with Crippen molar-refractivity contribution in [1.82, 2.24) is 0 Å². The Bertz CT molecular complexity index is 630. The lowest BCUT2D eigenvalue weighted by atomic mass is 9.95. The second-order valence-electron chi connectivity index (χ2n) is 7.50. The summed E-state index contributed by atoms with van der Waals surface area (Å²) in [6, 6.07) is 0. The van der Waals surface area contributed by atoms with E-state index in [1.807, 2.05) is 0 Å². The first-order valence-electron chi connectivity index (χ1n) is 9.30. The Morgan fingerprint density at radius 2 is 1.39 bits per heavy atom. The first-order chi connectivity index (χ1) is 10.9. The molecule has 0 nitrogen and oxygen atoms in total. The monoisotopic (exact) mass is 326 g/mol. The van der Waals surface area contributed by atoms with E-state index in [1.165, 1.54) is 48.8 Å². The van der Waals surface area contributed by atoms with Crippen LogP contribution >= 0.6 is 0 Å². The number of hydrogen-bond acceptors (Lipinski definition) is 0. The average Bonchev–Trinajstić information content (AvgIpc) is 2.88. The Morgan fingerprint density at radius 3 is 1.96 bits per heavy atom. The zero-order chi connectivity index (χ0) is 17.1. The van der Waals surface area contributed by atoms with E-state index >= 15 is 0 Å². The van der Waals surface area contributed by atoms with Crippen LogP contribution in [0.4, 0.5) is 0 Å². The lowest BCUT2D eigenvalue weighted by molar-refractivity contribution is 0.708. The molecule has 0 unspecified atom stereocenters. The predicted octanol–water partition coefficient (Wildman–Crippen LogP) is 5.21. The number of rotatable bonds is 6. The van der Waals surface area contributed by atoms with E-state index in [-0.39, 0.29) is 9.52 Å². The summed E-state index contributed by atoms with van der Waals surface area (Å²) in [4.78, 5) is 0. The standard InChI is InChI=1S/C22H34Si/c1-8-9-10-11-20-12-14(2)21(13-20)23-22-18(6)16(4)15(3)17(5)19(22)7/h12H,8-11,13,23H2,1-7H3. The van der Waals surface area contributed by atoms with E-state index < -0.39 is 0 Å². The van der Waals surface area contributed by atoms with Gasteiger partial charge in [-0.1, -0.05) is 47.4 Å². The molecule has 0 saturated carbocycles. The third-order valence-electron chi connectivity index (χ3n) is 6.07. The highest BCUT2D eigenvalue weighted by Crippen LogP contribution is 2.29. The number of hydrogen-bond donors (Lipinski definition) is 0. The minimum absolute atomic E-state index is 0.332. The molecule has 1 aliphatic rings. The molecule has 0 amide bonds. The molecule has 0 bridgehead atoms. The number of unbranched alkanes of at least 4 members (excludes halogenated alkanes) is 2. The molecule has 0 fully saturated rings. The smallest absolute Gasteiger partial charge is 0.0758 e. The van der Waals surface area contributed by atoms with E-state index in [4.69, 9.17) is 0 Å². The van der Waals surface area contributed by atoms with Gasteiger partial charge in [0.2, 0.25) is 0 Å². The summed E-state index contributed by atoms with van der Waals surface area (Å²) in [6.45, 7) is 16.2. The Labute approximate surface area is 145 Å². The molecule has 23 heavy (non-hydrogen) atoms. The van der Waals surface area contributed by atoms with Crippen molar-refractivity contribution >= 4 is 14.7 Å². The summed E-state index contributed by atoms with van der Waals surface area (Å²) in [5, 5.41) is 3.49. The van der Waals surface area contributed by atoms with Crippen LogP contribution in [0.25, 0.3) is 0 Å². The Hall–Kier alpha value is -1.08. The SMILES string of the molecule is CCCCCC1=CC(C)=C([SiH2]c2c(C)c(C)c(C)c(C)c2C)C1. The van der Waals surface area contributed by atoms with Gasteiger partial charge in [-0.25, -0.2) is 0 Å². The van der Waals surface area contributed by atoms with Crippen LogP contribution in [0.1, 0.15) is 73.8 Å². The molecule has 126 valence electrons. The molecule has 0 radical (unpaired) electrons. The van der Waals surface area contributed by atoms with Crippen molar-refractivity contribution < 1.29 is 0 Å². The van der Waals surface area contributed by atoms with Crippen LogP contribution in [0, 0.1) is 34.6 Å². The lowest BCUT2D eigenvalue weighted by Gasteiger charge is -2.19. The second kappa shape index (κ2) is 7.66. The first-order valence-corrected chi connectivity index (χ1v) is 10.7. The fourth-order valence-electron chi connectivity index (χ4n) is 3.89. The van der Waals surface area contributed by atoms with Gasteiger partial charge in [-0.05, 0) is 88.6 Å². The quantitative estimate of drug-likeness (QED) is 0.497. The van der Waals surface area contributed by atoms with Gasteiger partial charge in [0.25, 0.3) is 0 Å². The molecular formula is C22H34Si. The summed E-state index contributed by atoms with van der Waals surface area (Å²) in [5.41, 5.74) is 10.9. The largest absolute Gasteiger partial charge is 0.0839 e. The van der Waals surface area contributed by atoms with Gasteiger partial charge in [0.05, 0.1) is 9.52 Å². The molecule has 0 N–H and O–H groups in total. The van der Waals surface area contributed by atoms with Gasteiger partial charge in [-0.15, -0.1) is 0 Å². The molecular weight excluding hydrogens is 292 g/mol. The topological polar surface area (TPSA) is 0 Å². The summed E-state index contributed by atoms with van der Waals surface area (Å²) in [5.74, 6) is 0. The van der Waals surface area contributed by atoms with Crippen LogP contribution in [0.5, 0.6) is 0 Å². The summed E-state index contributed by atoms with van der Waals surface area (Å²) in [6.07, 6.45) is 9.14. The van der Waals surface area contributed by atoms with Crippen molar-refractivity contribution in [2.45, 2.75) is 80.6 Å². The second-order valence-corrected chi connectivity index (χ2v) is 9.42. The molecule has 0 spiro atoms. The Morgan fingerprint density at radius 1 is 0.826 bits per heavy atom. The Kier molecular flexibility index (Phi) is 6.08. The summed E-state index contributed by atoms with van der Waals surface area (Å²) >= 11 is 0. The van der Waals surface area contributed by atoms with Crippen LogP contribution in [0.15, 0.2) is 22.4 Å². The Balaban J connectivity index is 2.17. The average molecular weight is 327 g/mol. The van der Waals surface area contributed by atoms with Gasteiger partial charge >= 0.3 is 0 Å². The normalized spacial score (nSPS) is 15.2. The minimum Gasteiger partial charge on any atom is -0.0758 e. The van der Waals surface area contributed by atoms with Gasteiger partial charge < -0.3 is 0 Å². The fourth-order valence-corrected chi connectivity index (χ4v) is 6.21. The molecule has 0 heterocycles. The maximum atomic E-state index is 2.50. The zero-order valence-electron chi connectivity index (χ0n) is 16.3. The van der Waals surface area contributed by atoms with E-state index in [9.17, 15) is 0 Å². The summed E-state index contributed by atoms with van der Waals surface area (Å²) < 4.78 is 0. The van der Waals surface area contributed by atoms with Crippen molar-refractivity contribution in [3.63, 3.8) is 0 Å². The number of allylic oxidation sites excluding steroid dienone is 4. The first kappa shape index (κ1) is 18.3. The van der Waals surface area contributed by atoms with Crippen LogP contribution in [-0.4, -0.2) is 9.52 Å². The van der Waals surface area contributed by atoms with E-state index in [1.54, 1.807) is 32.7 Å². The van der Waals surface area contributed by atoms with Crippen molar-refractivity contribution in [3.05, 3.63) is 50.2 Å². The van der Waals surface area contributed by atoms with Crippen molar-refractivity contribution in [1.29, 1.82) is 0 Å². The van der Waals surface area contributed by atoms with Crippen molar-refractivity contribution in [2.75, 3.05) is 0 Å². The van der Waals surface area contributed by atoms with Gasteiger partial charge in [-0.2, -0.15) is 0 Å². The fraction of sp³-hybridized carbons (Fsp3) is 0.545. The highest BCUT2D eigenvalue weighted by atomic mass is 28.2. The van der Waals surface area contributed by atoms with Gasteiger partial charge in [0.15, 0.2) is 0 Å². The van der Waals surface area contributed by atoms with Crippen LogP contribution in [0.2, 0.25) is 0 Å².